The van der Waals surface area contributed by atoms with Crippen molar-refractivity contribution < 1.29 is 14.3 Å². The van der Waals surface area contributed by atoms with E-state index in [0.29, 0.717) is 31.3 Å². The van der Waals surface area contributed by atoms with Crippen molar-refractivity contribution in [2.45, 2.75) is 19.8 Å². The summed E-state index contributed by atoms with van der Waals surface area (Å²) in [5.74, 6) is 1.09. The van der Waals surface area contributed by atoms with E-state index in [-0.39, 0.29) is 5.91 Å². The third kappa shape index (κ3) is 6.00. The minimum atomic E-state index is -0.209. The average molecular weight is 358 g/mol. The van der Waals surface area contributed by atoms with Crippen LogP contribution >= 0.6 is 0 Å². The fourth-order valence-corrected chi connectivity index (χ4v) is 2.49. The fraction of sp³-hybridized carbons (Fsp3) is 0.421. The molecule has 0 bridgehead atoms. The largest absolute Gasteiger partial charge is 0.496 e. The Balaban J connectivity index is 1.93. The lowest BCUT2D eigenvalue weighted by atomic mass is 10.1. The van der Waals surface area contributed by atoms with Crippen LogP contribution in [0.5, 0.6) is 5.75 Å². The van der Waals surface area contributed by atoms with E-state index in [1.165, 1.54) is 0 Å². The van der Waals surface area contributed by atoms with E-state index >= 15 is 0 Å². The summed E-state index contributed by atoms with van der Waals surface area (Å²) in [4.78, 5) is 20.9. The van der Waals surface area contributed by atoms with Crippen molar-refractivity contribution in [3.63, 3.8) is 0 Å². The van der Waals surface area contributed by atoms with Gasteiger partial charge in [0.2, 0.25) is 5.95 Å². The molecule has 1 aromatic carbocycles. The van der Waals surface area contributed by atoms with Gasteiger partial charge in [0, 0.05) is 32.5 Å². The van der Waals surface area contributed by atoms with Gasteiger partial charge in [0.15, 0.2) is 0 Å². The summed E-state index contributed by atoms with van der Waals surface area (Å²) < 4.78 is 10.3. The molecule has 0 saturated carbocycles. The molecule has 7 heteroatoms. The second-order valence-corrected chi connectivity index (χ2v) is 5.81. The molecule has 0 unspecified atom stereocenters. The van der Waals surface area contributed by atoms with Gasteiger partial charge in [-0.2, -0.15) is 0 Å². The minimum absolute atomic E-state index is 0.209. The highest BCUT2D eigenvalue weighted by atomic mass is 16.5. The van der Waals surface area contributed by atoms with E-state index in [1.54, 1.807) is 20.3 Å². The number of aryl methyl sites for hydroxylation is 1. The summed E-state index contributed by atoms with van der Waals surface area (Å²) >= 11 is 0. The molecule has 0 spiro atoms. The first-order chi connectivity index (χ1) is 12.6. The molecule has 7 nitrogen and oxygen atoms in total. The van der Waals surface area contributed by atoms with E-state index in [0.717, 1.165) is 29.8 Å². The van der Waals surface area contributed by atoms with Crippen molar-refractivity contribution in [1.29, 1.82) is 0 Å². The summed E-state index contributed by atoms with van der Waals surface area (Å²) in [6.45, 7) is 3.64. The molecule has 0 radical (unpaired) electrons. The maximum atomic E-state index is 12.2. The third-order valence-corrected chi connectivity index (χ3v) is 3.77. The zero-order valence-corrected chi connectivity index (χ0v) is 15.5. The number of hydrogen-bond donors (Lipinski definition) is 2. The van der Waals surface area contributed by atoms with Crippen LogP contribution in [-0.4, -0.2) is 49.8 Å². The van der Waals surface area contributed by atoms with Crippen LogP contribution in [0.2, 0.25) is 0 Å². The Morgan fingerprint density at radius 2 is 1.96 bits per heavy atom. The summed E-state index contributed by atoms with van der Waals surface area (Å²) in [5.41, 5.74) is 2.20. The molecular weight excluding hydrogens is 332 g/mol. The summed E-state index contributed by atoms with van der Waals surface area (Å²) in [5, 5.41) is 6.01. The van der Waals surface area contributed by atoms with E-state index in [1.807, 2.05) is 31.2 Å². The van der Waals surface area contributed by atoms with Gasteiger partial charge in [-0.05, 0) is 37.5 Å². The molecule has 26 heavy (non-hydrogen) atoms. The van der Waals surface area contributed by atoms with Gasteiger partial charge in [-0.1, -0.05) is 18.2 Å². The SMILES string of the molecule is COCCCNC(=O)c1cc(C)nc(NCCc2ccccc2OC)n1. The summed E-state index contributed by atoms with van der Waals surface area (Å²) in [7, 11) is 3.30. The average Bonchev–Trinajstić information content (AvgIpc) is 2.65. The molecule has 2 aromatic rings. The number of anilines is 1. The van der Waals surface area contributed by atoms with Gasteiger partial charge in [-0.15, -0.1) is 0 Å². The van der Waals surface area contributed by atoms with Crippen molar-refractivity contribution in [1.82, 2.24) is 15.3 Å². The summed E-state index contributed by atoms with van der Waals surface area (Å²) in [6, 6.07) is 9.56. The van der Waals surface area contributed by atoms with Crippen molar-refractivity contribution in [3.8, 4) is 5.75 Å². The molecule has 0 aliphatic rings. The maximum Gasteiger partial charge on any atom is 0.270 e. The Morgan fingerprint density at radius 1 is 1.15 bits per heavy atom. The smallest absolute Gasteiger partial charge is 0.270 e. The standard InChI is InChI=1S/C19H26N4O3/c1-14-13-16(18(24)20-10-6-12-25-2)23-19(22-14)21-11-9-15-7-4-5-8-17(15)26-3/h4-5,7-8,13H,6,9-12H2,1-3H3,(H,20,24)(H,21,22,23). The number of amides is 1. The molecule has 0 atom stereocenters. The van der Waals surface area contributed by atoms with Gasteiger partial charge in [0.1, 0.15) is 11.4 Å². The Bertz CT molecular complexity index is 722. The van der Waals surface area contributed by atoms with Gasteiger partial charge in [0.25, 0.3) is 5.91 Å². The fourth-order valence-electron chi connectivity index (χ4n) is 2.49. The van der Waals surface area contributed by atoms with E-state index in [9.17, 15) is 4.79 Å². The number of nitrogens with one attached hydrogen (secondary N) is 2. The molecule has 0 aliphatic carbocycles. The van der Waals surface area contributed by atoms with Crippen molar-refractivity contribution >= 4 is 11.9 Å². The van der Waals surface area contributed by atoms with Gasteiger partial charge < -0.3 is 20.1 Å². The number of carbonyl (C=O) groups is 1. The lowest BCUT2D eigenvalue weighted by molar-refractivity contribution is 0.0943. The first-order valence-corrected chi connectivity index (χ1v) is 8.62. The molecule has 1 aromatic heterocycles. The second-order valence-electron chi connectivity index (χ2n) is 5.81. The van der Waals surface area contributed by atoms with Crippen LogP contribution in [-0.2, 0) is 11.2 Å². The molecule has 0 saturated heterocycles. The number of aromatic nitrogens is 2. The Hall–Kier alpha value is -2.67. The highest BCUT2D eigenvalue weighted by Crippen LogP contribution is 2.17. The number of ether oxygens (including phenoxy) is 2. The molecule has 2 N–H and O–H groups in total. The zero-order valence-electron chi connectivity index (χ0n) is 15.5. The molecule has 0 fully saturated rings. The predicted octanol–water partition coefficient (Wildman–Crippen LogP) is 2.21. The van der Waals surface area contributed by atoms with Crippen LogP contribution in [0.1, 0.15) is 28.2 Å². The number of hydrogen-bond acceptors (Lipinski definition) is 6. The van der Waals surface area contributed by atoms with Gasteiger partial charge in [0.05, 0.1) is 7.11 Å². The van der Waals surface area contributed by atoms with Crippen LogP contribution in [0.15, 0.2) is 30.3 Å². The lowest BCUT2D eigenvalue weighted by Gasteiger charge is -2.10. The number of para-hydroxylation sites is 1. The van der Waals surface area contributed by atoms with Gasteiger partial charge >= 0.3 is 0 Å². The van der Waals surface area contributed by atoms with Crippen LogP contribution in [0.3, 0.4) is 0 Å². The lowest BCUT2D eigenvalue weighted by Crippen LogP contribution is -2.26. The van der Waals surface area contributed by atoms with E-state index in [2.05, 4.69) is 20.6 Å². The second kappa shape index (κ2) is 10.4. The quantitative estimate of drug-likeness (QED) is 0.634. The number of carbonyl (C=O) groups excluding carboxylic acids is 1. The monoisotopic (exact) mass is 358 g/mol. The van der Waals surface area contributed by atoms with Crippen LogP contribution < -0.4 is 15.4 Å². The molecule has 1 heterocycles. The molecule has 2 rings (SSSR count). The molecule has 140 valence electrons. The first kappa shape index (κ1) is 19.7. The molecular formula is C19H26N4O3. The van der Waals surface area contributed by atoms with Crippen molar-refractivity contribution in [2.24, 2.45) is 0 Å². The number of methoxy groups -OCH3 is 2. The first-order valence-electron chi connectivity index (χ1n) is 8.62. The zero-order chi connectivity index (χ0) is 18.8. The molecule has 0 aliphatic heterocycles. The molecule has 1 amide bonds. The number of rotatable bonds is 10. The van der Waals surface area contributed by atoms with Crippen LogP contribution in [0, 0.1) is 6.92 Å². The highest BCUT2D eigenvalue weighted by molar-refractivity contribution is 5.92. The maximum absolute atomic E-state index is 12.2. The minimum Gasteiger partial charge on any atom is -0.496 e. The topological polar surface area (TPSA) is 85.4 Å². The summed E-state index contributed by atoms with van der Waals surface area (Å²) in [6.07, 6.45) is 1.52. The van der Waals surface area contributed by atoms with Crippen LogP contribution in [0.25, 0.3) is 0 Å². The third-order valence-electron chi connectivity index (χ3n) is 3.77. The normalized spacial score (nSPS) is 10.4. The number of nitrogens with zero attached hydrogens (tertiary/aromatic N) is 2. The Kier molecular flexibility index (Phi) is 7.82. The van der Waals surface area contributed by atoms with Crippen molar-refractivity contribution in [2.75, 3.05) is 39.2 Å². The predicted molar refractivity (Wildman–Crippen MR) is 101 cm³/mol. The van der Waals surface area contributed by atoms with Gasteiger partial charge in [-0.3, -0.25) is 4.79 Å². The van der Waals surface area contributed by atoms with E-state index in [4.69, 9.17) is 9.47 Å². The van der Waals surface area contributed by atoms with Gasteiger partial charge in [-0.25, -0.2) is 9.97 Å². The van der Waals surface area contributed by atoms with E-state index < -0.39 is 0 Å². The Labute approximate surface area is 154 Å². The Morgan fingerprint density at radius 3 is 2.73 bits per heavy atom. The van der Waals surface area contributed by atoms with Crippen molar-refractivity contribution in [3.05, 3.63) is 47.3 Å². The highest BCUT2D eigenvalue weighted by Gasteiger charge is 2.10. The van der Waals surface area contributed by atoms with Crippen LogP contribution in [0.4, 0.5) is 5.95 Å². The number of benzene rings is 1.